The summed E-state index contributed by atoms with van der Waals surface area (Å²) in [6.45, 7) is 3.22. The van der Waals surface area contributed by atoms with Crippen LogP contribution in [0.2, 0.25) is 0 Å². The van der Waals surface area contributed by atoms with E-state index < -0.39 is 17.9 Å². The van der Waals surface area contributed by atoms with Gasteiger partial charge in [0.25, 0.3) is 0 Å². The Kier molecular flexibility index (Phi) is 9.74. The zero-order valence-electron chi connectivity index (χ0n) is 17.7. The van der Waals surface area contributed by atoms with Crippen molar-refractivity contribution in [1.29, 1.82) is 0 Å². The molecule has 0 aliphatic rings. The molecule has 6 nitrogen and oxygen atoms in total. The molecule has 0 aliphatic heterocycles. The molecular formula is C24H31N3O3. The Bertz CT molecular complexity index is 756. The molecule has 0 aliphatic carbocycles. The van der Waals surface area contributed by atoms with Gasteiger partial charge in [0.1, 0.15) is 0 Å². The Morgan fingerprint density at radius 3 is 2.00 bits per heavy atom. The maximum Gasteiger partial charge on any atom is 0.250 e. The summed E-state index contributed by atoms with van der Waals surface area (Å²) in [5.41, 5.74) is 1.64. The molecule has 160 valence electrons. The molecular weight excluding hydrogens is 378 g/mol. The number of amides is 2. The van der Waals surface area contributed by atoms with Gasteiger partial charge in [0.2, 0.25) is 11.8 Å². The number of nitrogens with one attached hydrogen (secondary N) is 2. The van der Waals surface area contributed by atoms with E-state index in [0.717, 1.165) is 24.0 Å². The van der Waals surface area contributed by atoms with Crippen LogP contribution in [0.5, 0.6) is 0 Å². The summed E-state index contributed by atoms with van der Waals surface area (Å²) in [6, 6.07) is 17.7. The first-order chi connectivity index (χ1) is 14.6. The van der Waals surface area contributed by atoms with Crippen LogP contribution in [-0.2, 0) is 14.4 Å². The number of carbonyl (C=O) groups is 3. The van der Waals surface area contributed by atoms with Crippen LogP contribution in [0.25, 0.3) is 0 Å². The SMILES string of the molecule is CCCCNC(=O)C(C=O)N(CCNC)C(=O)C(c1ccccc1)c1ccccc1. The molecule has 2 aromatic carbocycles. The molecule has 6 heteroatoms. The highest BCUT2D eigenvalue weighted by Crippen LogP contribution is 2.27. The molecule has 0 saturated heterocycles. The lowest BCUT2D eigenvalue weighted by atomic mass is 9.89. The molecule has 2 N–H and O–H groups in total. The predicted molar refractivity (Wildman–Crippen MR) is 118 cm³/mol. The highest BCUT2D eigenvalue weighted by atomic mass is 16.2. The van der Waals surface area contributed by atoms with Gasteiger partial charge in [-0.05, 0) is 24.6 Å². The van der Waals surface area contributed by atoms with Gasteiger partial charge in [0, 0.05) is 19.6 Å². The number of benzene rings is 2. The summed E-state index contributed by atoms with van der Waals surface area (Å²) < 4.78 is 0. The number of hydrogen-bond acceptors (Lipinski definition) is 4. The Morgan fingerprint density at radius 2 is 1.53 bits per heavy atom. The highest BCUT2D eigenvalue weighted by Gasteiger charge is 2.34. The third-order valence-corrected chi connectivity index (χ3v) is 4.96. The smallest absolute Gasteiger partial charge is 0.250 e. The number of likely N-dealkylation sites (N-methyl/N-ethyl adjacent to an activating group) is 1. The van der Waals surface area contributed by atoms with Crippen molar-refractivity contribution in [1.82, 2.24) is 15.5 Å². The van der Waals surface area contributed by atoms with E-state index in [9.17, 15) is 14.4 Å². The van der Waals surface area contributed by atoms with Crippen LogP contribution >= 0.6 is 0 Å². The fourth-order valence-corrected chi connectivity index (χ4v) is 3.32. The van der Waals surface area contributed by atoms with Crippen LogP contribution in [-0.4, -0.2) is 55.7 Å². The van der Waals surface area contributed by atoms with Gasteiger partial charge in [-0.3, -0.25) is 9.59 Å². The van der Waals surface area contributed by atoms with Gasteiger partial charge in [-0.2, -0.15) is 0 Å². The first-order valence-electron chi connectivity index (χ1n) is 10.4. The van der Waals surface area contributed by atoms with E-state index in [4.69, 9.17) is 0 Å². The molecule has 2 aromatic rings. The standard InChI is InChI=1S/C24H31N3O3/c1-3-4-15-26-23(29)21(18-28)27(17-16-25-2)24(30)22(19-11-7-5-8-12-19)20-13-9-6-10-14-20/h5-14,18,21-22,25H,3-4,15-17H2,1-2H3,(H,26,29). The van der Waals surface area contributed by atoms with Crippen LogP contribution in [0, 0.1) is 0 Å². The molecule has 30 heavy (non-hydrogen) atoms. The first-order valence-corrected chi connectivity index (χ1v) is 10.4. The van der Waals surface area contributed by atoms with Crippen LogP contribution in [0.4, 0.5) is 0 Å². The van der Waals surface area contributed by atoms with Crippen molar-refractivity contribution < 1.29 is 14.4 Å². The van der Waals surface area contributed by atoms with Crippen molar-refractivity contribution in [2.45, 2.75) is 31.7 Å². The number of carbonyl (C=O) groups excluding carboxylic acids is 3. The molecule has 0 fully saturated rings. The molecule has 2 amide bonds. The summed E-state index contributed by atoms with van der Waals surface area (Å²) in [5, 5.41) is 5.78. The zero-order valence-corrected chi connectivity index (χ0v) is 17.7. The Morgan fingerprint density at radius 1 is 0.967 bits per heavy atom. The molecule has 0 heterocycles. The maximum absolute atomic E-state index is 13.7. The first kappa shape index (κ1) is 23.3. The van der Waals surface area contributed by atoms with E-state index in [1.807, 2.05) is 67.6 Å². The van der Waals surface area contributed by atoms with Crippen LogP contribution in [0.3, 0.4) is 0 Å². The van der Waals surface area contributed by atoms with Gasteiger partial charge in [-0.25, -0.2) is 0 Å². The van der Waals surface area contributed by atoms with Gasteiger partial charge < -0.3 is 20.3 Å². The topological polar surface area (TPSA) is 78.5 Å². The summed E-state index contributed by atoms with van der Waals surface area (Å²) in [7, 11) is 1.77. The van der Waals surface area contributed by atoms with E-state index in [2.05, 4.69) is 10.6 Å². The zero-order chi connectivity index (χ0) is 21.8. The van der Waals surface area contributed by atoms with Gasteiger partial charge in [-0.15, -0.1) is 0 Å². The molecule has 1 atom stereocenters. The fourth-order valence-electron chi connectivity index (χ4n) is 3.32. The Balaban J connectivity index is 2.40. The highest BCUT2D eigenvalue weighted by molar-refractivity contribution is 6.01. The summed E-state index contributed by atoms with van der Waals surface area (Å²) in [6.07, 6.45) is 2.30. The van der Waals surface area contributed by atoms with Gasteiger partial charge in [0.05, 0.1) is 5.92 Å². The minimum Gasteiger partial charge on any atom is -0.354 e. The maximum atomic E-state index is 13.7. The third-order valence-electron chi connectivity index (χ3n) is 4.96. The van der Waals surface area contributed by atoms with Gasteiger partial charge >= 0.3 is 0 Å². The van der Waals surface area contributed by atoms with Gasteiger partial charge in [-0.1, -0.05) is 74.0 Å². The second kappa shape index (κ2) is 12.5. The van der Waals surface area contributed by atoms with Crippen molar-refractivity contribution in [2.75, 3.05) is 26.7 Å². The molecule has 0 bridgehead atoms. The lowest BCUT2D eigenvalue weighted by molar-refractivity contribution is -0.143. The largest absolute Gasteiger partial charge is 0.354 e. The summed E-state index contributed by atoms with van der Waals surface area (Å²) >= 11 is 0. The van der Waals surface area contributed by atoms with E-state index in [-0.39, 0.29) is 12.5 Å². The van der Waals surface area contributed by atoms with Crippen molar-refractivity contribution in [3.63, 3.8) is 0 Å². The molecule has 1 unspecified atom stereocenters. The molecule has 0 radical (unpaired) electrons. The average molecular weight is 410 g/mol. The van der Waals surface area contributed by atoms with E-state index >= 15 is 0 Å². The Labute approximate surface area is 178 Å². The average Bonchev–Trinajstić information content (AvgIpc) is 2.78. The van der Waals surface area contributed by atoms with Crippen LogP contribution in [0.15, 0.2) is 60.7 Å². The second-order valence-electron chi connectivity index (χ2n) is 7.12. The van der Waals surface area contributed by atoms with Crippen LogP contribution in [0.1, 0.15) is 36.8 Å². The minimum absolute atomic E-state index is 0.246. The van der Waals surface area contributed by atoms with Crippen molar-refractivity contribution in [3.8, 4) is 0 Å². The lowest BCUT2D eigenvalue weighted by Crippen LogP contribution is -2.53. The quantitative estimate of drug-likeness (QED) is 0.320. The molecule has 0 saturated carbocycles. The Hall–Kier alpha value is -2.99. The summed E-state index contributed by atoms with van der Waals surface area (Å²) in [4.78, 5) is 39.7. The molecule has 0 aromatic heterocycles. The van der Waals surface area contributed by atoms with Crippen LogP contribution < -0.4 is 10.6 Å². The number of rotatable bonds is 12. The third kappa shape index (κ3) is 6.26. The molecule has 2 rings (SSSR count). The van der Waals surface area contributed by atoms with Crippen molar-refractivity contribution in [2.24, 2.45) is 0 Å². The number of nitrogens with zero attached hydrogens (tertiary/aromatic N) is 1. The van der Waals surface area contributed by atoms with E-state index in [1.54, 1.807) is 7.05 Å². The number of hydrogen-bond donors (Lipinski definition) is 2. The minimum atomic E-state index is -1.17. The number of unbranched alkanes of at least 4 members (excludes halogenated alkanes) is 1. The summed E-state index contributed by atoms with van der Waals surface area (Å²) in [5.74, 6) is -1.32. The monoisotopic (exact) mass is 409 g/mol. The lowest BCUT2D eigenvalue weighted by Gasteiger charge is -2.31. The second-order valence-corrected chi connectivity index (χ2v) is 7.12. The van der Waals surface area contributed by atoms with Crippen molar-refractivity contribution in [3.05, 3.63) is 71.8 Å². The van der Waals surface area contributed by atoms with E-state index in [0.29, 0.717) is 19.4 Å². The van der Waals surface area contributed by atoms with Gasteiger partial charge in [0.15, 0.2) is 12.3 Å². The number of aldehydes is 1. The predicted octanol–water partition coefficient (Wildman–Crippen LogP) is 2.35. The fraction of sp³-hybridized carbons (Fsp3) is 0.375. The van der Waals surface area contributed by atoms with Crippen molar-refractivity contribution >= 4 is 18.1 Å². The normalized spacial score (nSPS) is 11.7. The molecule has 0 spiro atoms. The van der Waals surface area contributed by atoms with E-state index in [1.165, 1.54) is 4.90 Å².